The van der Waals surface area contributed by atoms with Crippen molar-refractivity contribution in [2.24, 2.45) is 5.41 Å². The van der Waals surface area contributed by atoms with Gasteiger partial charge in [0.15, 0.2) is 6.29 Å². The van der Waals surface area contributed by atoms with Crippen LogP contribution in [0.2, 0.25) is 0 Å². The summed E-state index contributed by atoms with van der Waals surface area (Å²) in [4.78, 5) is 24.8. The van der Waals surface area contributed by atoms with Gasteiger partial charge in [-0.05, 0) is 13.3 Å². The Morgan fingerprint density at radius 1 is 1.22 bits per heavy atom. The molecule has 1 saturated heterocycles. The zero-order chi connectivity index (χ0) is 24.1. The second-order valence-corrected chi connectivity index (χ2v) is 7.80. The Balaban J connectivity index is 2.34. The van der Waals surface area contributed by atoms with E-state index in [0.717, 1.165) is 6.26 Å². The maximum Gasteiger partial charge on any atom is 0.337 e. The van der Waals surface area contributed by atoms with Crippen LogP contribution in [0.5, 0.6) is 0 Å². The van der Waals surface area contributed by atoms with Gasteiger partial charge in [0.05, 0.1) is 38.6 Å². The summed E-state index contributed by atoms with van der Waals surface area (Å²) < 4.78 is 26.7. The van der Waals surface area contributed by atoms with E-state index in [1.807, 2.05) is 6.92 Å². The summed E-state index contributed by atoms with van der Waals surface area (Å²) in [7, 11) is 1.20. The summed E-state index contributed by atoms with van der Waals surface area (Å²) in [5.74, 6) is -1.25. The number of methoxy groups -OCH3 is 1. The molecule has 0 aliphatic carbocycles. The molecule has 1 fully saturated rings. The predicted molar refractivity (Wildman–Crippen MR) is 108 cm³/mol. The smallest absolute Gasteiger partial charge is 0.337 e. The van der Waals surface area contributed by atoms with Crippen LogP contribution in [0.1, 0.15) is 33.6 Å². The van der Waals surface area contributed by atoms with E-state index in [-0.39, 0.29) is 18.6 Å². The van der Waals surface area contributed by atoms with Crippen molar-refractivity contribution in [2.75, 3.05) is 20.3 Å². The average molecular weight is 460 g/mol. The summed E-state index contributed by atoms with van der Waals surface area (Å²) in [6.45, 7) is 4.73. The van der Waals surface area contributed by atoms with Crippen molar-refractivity contribution in [3.8, 4) is 0 Å². The molecule has 2 aliphatic rings. The van der Waals surface area contributed by atoms with E-state index in [2.05, 4.69) is 0 Å². The third-order valence-electron chi connectivity index (χ3n) is 5.58. The first-order chi connectivity index (χ1) is 15.1. The topological polar surface area (TPSA) is 161 Å². The van der Waals surface area contributed by atoms with E-state index >= 15 is 0 Å². The Morgan fingerprint density at radius 3 is 2.47 bits per heavy atom. The first kappa shape index (κ1) is 26.2. The fourth-order valence-electron chi connectivity index (χ4n) is 3.75. The Hall–Kier alpha value is -2.02. The minimum absolute atomic E-state index is 0.0650. The molecule has 11 nitrogen and oxygen atoms in total. The van der Waals surface area contributed by atoms with Crippen molar-refractivity contribution in [2.45, 2.75) is 70.6 Å². The van der Waals surface area contributed by atoms with Crippen LogP contribution in [0.4, 0.5) is 0 Å². The lowest BCUT2D eigenvalue weighted by Gasteiger charge is -2.44. The largest absolute Gasteiger partial charge is 0.468 e. The molecule has 11 heteroatoms. The van der Waals surface area contributed by atoms with Gasteiger partial charge < -0.3 is 44.1 Å². The van der Waals surface area contributed by atoms with Crippen LogP contribution in [0.25, 0.3) is 0 Å². The van der Waals surface area contributed by atoms with Crippen LogP contribution in [0, 0.1) is 5.41 Å². The van der Waals surface area contributed by atoms with Crippen LogP contribution in [0.15, 0.2) is 23.5 Å². The molecule has 0 amide bonds. The van der Waals surface area contributed by atoms with Crippen molar-refractivity contribution in [3.05, 3.63) is 23.5 Å². The highest BCUT2D eigenvalue weighted by Gasteiger charge is 2.50. The van der Waals surface area contributed by atoms with Gasteiger partial charge in [-0.1, -0.05) is 19.9 Å². The Morgan fingerprint density at radius 2 is 1.91 bits per heavy atom. The summed E-state index contributed by atoms with van der Waals surface area (Å²) in [5.41, 5.74) is -0.815. The fourth-order valence-corrected chi connectivity index (χ4v) is 3.75. The van der Waals surface area contributed by atoms with Crippen molar-refractivity contribution in [1.82, 2.24) is 0 Å². The maximum atomic E-state index is 12.4. The molecule has 2 rings (SSSR count). The molecule has 0 aromatic heterocycles. The van der Waals surface area contributed by atoms with Gasteiger partial charge in [0.25, 0.3) is 0 Å². The SMILES string of the molecule is C/C=C1/[C@H](OC2OC(CO)C(O)C(O)C2O)OC=C(C(=O)OC)[C@@]1(C)CC(=O)OCCC. The van der Waals surface area contributed by atoms with Crippen LogP contribution in [-0.4, -0.2) is 89.7 Å². The fraction of sp³-hybridized carbons (Fsp3) is 0.714. The Kier molecular flexibility index (Phi) is 9.19. The van der Waals surface area contributed by atoms with Crippen LogP contribution >= 0.6 is 0 Å². The van der Waals surface area contributed by atoms with Crippen molar-refractivity contribution in [3.63, 3.8) is 0 Å². The molecule has 0 aromatic carbocycles. The minimum Gasteiger partial charge on any atom is -0.468 e. The number of aliphatic hydroxyl groups is 4. The number of aliphatic hydroxyl groups excluding tert-OH is 4. The van der Waals surface area contributed by atoms with E-state index in [9.17, 15) is 30.0 Å². The number of rotatable bonds is 8. The zero-order valence-corrected chi connectivity index (χ0v) is 18.6. The molecule has 0 radical (unpaired) electrons. The van der Waals surface area contributed by atoms with Gasteiger partial charge in [-0.15, -0.1) is 0 Å². The van der Waals surface area contributed by atoms with E-state index in [4.69, 9.17) is 23.7 Å². The molecule has 0 spiro atoms. The van der Waals surface area contributed by atoms with Crippen molar-refractivity contribution >= 4 is 11.9 Å². The molecule has 4 N–H and O–H groups in total. The van der Waals surface area contributed by atoms with E-state index in [1.54, 1.807) is 19.9 Å². The Bertz CT molecular complexity index is 731. The molecule has 2 heterocycles. The van der Waals surface area contributed by atoms with Crippen LogP contribution in [0.3, 0.4) is 0 Å². The lowest BCUT2D eigenvalue weighted by atomic mass is 9.71. The Labute approximate surface area is 186 Å². The van der Waals surface area contributed by atoms with Gasteiger partial charge in [0.1, 0.15) is 24.4 Å². The quantitative estimate of drug-likeness (QED) is 0.273. The van der Waals surface area contributed by atoms with Crippen molar-refractivity contribution in [1.29, 1.82) is 0 Å². The second kappa shape index (κ2) is 11.2. The number of carbonyl (C=O) groups is 2. The molecule has 0 saturated carbocycles. The molecule has 5 unspecified atom stereocenters. The number of allylic oxidation sites excluding steroid dienone is 1. The number of carbonyl (C=O) groups excluding carboxylic acids is 2. The maximum absolute atomic E-state index is 12.4. The number of hydrogen-bond acceptors (Lipinski definition) is 11. The van der Waals surface area contributed by atoms with Crippen LogP contribution in [-0.2, 0) is 33.3 Å². The molecular formula is C21H32O11. The highest BCUT2D eigenvalue weighted by atomic mass is 16.8. The van der Waals surface area contributed by atoms with E-state index in [1.165, 1.54) is 7.11 Å². The van der Waals surface area contributed by atoms with Crippen molar-refractivity contribution < 1.29 is 53.7 Å². The van der Waals surface area contributed by atoms with Gasteiger partial charge >= 0.3 is 11.9 Å². The number of hydrogen-bond donors (Lipinski definition) is 4. The molecule has 0 bridgehead atoms. The summed E-state index contributed by atoms with van der Waals surface area (Å²) in [5, 5.41) is 39.6. The molecule has 32 heavy (non-hydrogen) atoms. The van der Waals surface area contributed by atoms with E-state index in [0.29, 0.717) is 12.0 Å². The van der Waals surface area contributed by atoms with E-state index < -0.39 is 61.0 Å². The average Bonchev–Trinajstić information content (AvgIpc) is 2.77. The van der Waals surface area contributed by atoms with Gasteiger partial charge in [0.2, 0.25) is 6.29 Å². The molecule has 182 valence electrons. The van der Waals surface area contributed by atoms with Gasteiger partial charge in [-0.25, -0.2) is 4.79 Å². The monoisotopic (exact) mass is 460 g/mol. The van der Waals surface area contributed by atoms with Gasteiger partial charge in [-0.2, -0.15) is 0 Å². The third-order valence-corrected chi connectivity index (χ3v) is 5.58. The lowest BCUT2D eigenvalue weighted by Crippen LogP contribution is -2.60. The summed E-state index contributed by atoms with van der Waals surface area (Å²) in [6.07, 6.45) is -5.59. The second-order valence-electron chi connectivity index (χ2n) is 7.80. The molecule has 7 atom stereocenters. The highest BCUT2D eigenvalue weighted by molar-refractivity contribution is 5.92. The number of esters is 2. The van der Waals surface area contributed by atoms with Gasteiger partial charge in [-0.3, -0.25) is 4.79 Å². The first-order valence-corrected chi connectivity index (χ1v) is 10.4. The number of ether oxygens (including phenoxy) is 5. The predicted octanol–water partition coefficient (Wildman–Crippen LogP) is -0.488. The minimum atomic E-state index is -1.65. The van der Waals surface area contributed by atoms with Gasteiger partial charge in [0, 0.05) is 11.0 Å². The lowest BCUT2D eigenvalue weighted by molar-refractivity contribution is -0.328. The summed E-state index contributed by atoms with van der Waals surface area (Å²) in [6, 6.07) is 0. The molecule has 0 aromatic rings. The molecule has 2 aliphatic heterocycles. The normalized spacial score (nSPS) is 36.2. The first-order valence-electron chi connectivity index (χ1n) is 10.4. The summed E-state index contributed by atoms with van der Waals surface area (Å²) >= 11 is 0. The zero-order valence-electron chi connectivity index (χ0n) is 18.6. The highest BCUT2D eigenvalue weighted by Crippen LogP contribution is 2.46. The van der Waals surface area contributed by atoms with Crippen LogP contribution < -0.4 is 0 Å². The molecular weight excluding hydrogens is 428 g/mol. The third kappa shape index (κ3) is 5.30. The standard InChI is InChI=1S/C21H32O11/c1-5-7-29-14(23)8-21(3)11(6-2)19(30-10-12(21)18(27)28-4)32-20-17(26)16(25)15(24)13(9-22)31-20/h6,10,13,15-17,19-20,22,24-26H,5,7-9H2,1-4H3/b11-6-/t13?,15?,16?,17?,19-,20?,21-/m0/s1.